The molecule has 0 aromatic rings. The van der Waals surface area contributed by atoms with Crippen molar-refractivity contribution in [2.45, 2.75) is 6.92 Å². The molecule has 0 saturated heterocycles. The Kier molecular flexibility index (Phi) is 6.75. The van der Waals surface area contributed by atoms with Crippen molar-refractivity contribution in [1.29, 1.82) is 0 Å². The van der Waals surface area contributed by atoms with Crippen LogP contribution in [0.25, 0.3) is 0 Å². The molecule has 0 aromatic heterocycles. The highest BCUT2D eigenvalue weighted by Crippen LogP contribution is 2.26. The molecule has 0 rings (SSSR count). The lowest BCUT2D eigenvalue weighted by molar-refractivity contribution is 1.03. The highest BCUT2D eigenvalue weighted by Gasteiger charge is 1.70. The van der Waals surface area contributed by atoms with Gasteiger partial charge in [-0.05, 0) is 15.0 Å². The van der Waals surface area contributed by atoms with Crippen molar-refractivity contribution in [2.24, 2.45) is 0 Å². The van der Waals surface area contributed by atoms with Crippen LogP contribution in [0.4, 0.5) is 0 Å². The molecule has 0 aliphatic carbocycles. The second kappa shape index (κ2) is 5.88. The molecule has 2 radical (unpaired) electrons. The summed E-state index contributed by atoms with van der Waals surface area (Å²) in [6, 6.07) is 0. The molecule has 0 fully saturated rings. The van der Waals surface area contributed by atoms with E-state index in [1.807, 2.05) is 0 Å². The summed E-state index contributed by atoms with van der Waals surface area (Å²) in [5.41, 5.74) is 0. The normalized spacial score (nSPS) is 12.8. The molecule has 34 valence electrons. The Morgan fingerprint density at radius 1 is 1.83 bits per heavy atom. The standard InChI is InChI=1S/C2H8BNP2/c1-2-4-6-5-3/h4-6H,2H2,1H3. The Balaban J connectivity index is 2.34. The Labute approximate surface area is 43.5 Å². The van der Waals surface area contributed by atoms with Crippen molar-refractivity contribution in [3.8, 4) is 0 Å². The van der Waals surface area contributed by atoms with Gasteiger partial charge in [0, 0.05) is 0 Å². The van der Waals surface area contributed by atoms with Gasteiger partial charge in [-0.2, -0.15) is 0 Å². The average molecular weight is 119 g/mol. The van der Waals surface area contributed by atoms with Crippen molar-refractivity contribution >= 4 is 24.1 Å². The van der Waals surface area contributed by atoms with Gasteiger partial charge in [-0.3, -0.25) is 5.09 Å². The third kappa shape index (κ3) is 4.88. The van der Waals surface area contributed by atoms with Crippen LogP contribution >= 0.6 is 16.6 Å². The first-order valence-corrected chi connectivity index (χ1v) is 4.93. The second-order valence-electron chi connectivity index (χ2n) is 0.800. The molecule has 2 unspecified atom stereocenters. The van der Waals surface area contributed by atoms with Gasteiger partial charge in [0.15, 0.2) is 0 Å². The average Bonchev–Trinajstić information content (AvgIpc) is 1.61. The molecule has 0 amide bonds. The van der Waals surface area contributed by atoms with Crippen LogP contribution < -0.4 is 5.09 Å². The summed E-state index contributed by atoms with van der Waals surface area (Å²) in [4.78, 5) is 0. The fraction of sp³-hybridized carbons (Fsp3) is 1.00. The van der Waals surface area contributed by atoms with Gasteiger partial charge in [-0.25, -0.2) is 0 Å². The Hall–Kier alpha value is 0.885. The van der Waals surface area contributed by atoms with E-state index in [1.54, 1.807) is 0 Å². The maximum absolute atomic E-state index is 5.19. The van der Waals surface area contributed by atoms with Gasteiger partial charge in [-0.15, -0.1) is 8.15 Å². The largest absolute Gasteiger partial charge is 0.296 e. The van der Waals surface area contributed by atoms with Crippen molar-refractivity contribution in [3.05, 3.63) is 0 Å². The van der Waals surface area contributed by atoms with Crippen LogP contribution in [0.1, 0.15) is 6.92 Å². The molecule has 4 heteroatoms. The van der Waals surface area contributed by atoms with Crippen molar-refractivity contribution < 1.29 is 0 Å². The minimum Gasteiger partial charge on any atom is -0.296 e. The van der Waals surface area contributed by atoms with Gasteiger partial charge >= 0.3 is 0 Å². The Morgan fingerprint density at radius 2 is 2.50 bits per heavy atom. The van der Waals surface area contributed by atoms with Gasteiger partial charge in [0.05, 0.1) is 0 Å². The van der Waals surface area contributed by atoms with Crippen LogP contribution in [0.3, 0.4) is 0 Å². The monoisotopic (exact) mass is 119 g/mol. The van der Waals surface area contributed by atoms with Crippen molar-refractivity contribution in [2.75, 3.05) is 6.54 Å². The minimum absolute atomic E-state index is 0.581. The van der Waals surface area contributed by atoms with E-state index in [2.05, 4.69) is 12.0 Å². The molecule has 6 heavy (non-hydrogen) atoms. The molecule has 0 aromatic carbocycles. The maximum atomic E-state index is 5.19. The minimum atomic E-state index is 0.581. The number of rotatable bonds is 3. The Bertz CT molecular complexity index is 23.5. The van der Waals surface area contributed by atoms with Crippen LogP contribution in [0, 0.1) is 0 Å². The smallest absolute Gasteiger partial charge is 0.112 e. The van der Waals surface area contributed by atoms with E-state index in [1.165, 1.54) is 0 Å². The maximum Gasteiger partial charge on any atom is 0.112 e. The van der Waals surface area contributed by atoms with E-state index in [9.17, 15) is 0 Å². The molecule has 1 N–H and O–H groups in total. The number of nitrogens with one attached hydrogen (secondary N) is 1. The molecular formula is C2H8BNP2. The van der Waals surface area contributed by atoms with Crippen LogP contribution in [-0.4, -0.2) is 14.1 Å². The fourth-order valence-electron chi connectivity index (χ4n) is 0.139. The van der Waals surface area contributed by atoms with E-state index < -0.39 is 0 Å². The lowest BCUT2D eigenvalue weighted by Gasteiger charge is -1.92. The highest BCUT2D eigenvalue weighted by molar-refractivity contribution is 8.22. The van der Waals surface area contributed by atoms with Crippen LogP contribution in [0.5, 0.6) is 0 Å². The van der Waals surface area contributed by atoms with Gasteiger partial charge in [-0.1, -0.05) is 6.92 Å². The molecule has 0 aliphatic rings. The summed E-state index contributed by atoms with van der Waals surface area (Å²) in [5.74, 6) is 0. The molecule has 0 aliphatic heterocycles. The molecule has 2 atom stereocenters. The highest BCUT2D eigenvalue weighted by atomic mass is 32.0. The summed E-state index contributed by atoms with van der Waals surface area (Å²) in [7, 11) is 6.54. The van der Waals surface area contributed by atoms with Crippen molar-refractivity contribution in [1.82, 2.24) is 5.09 Å². The van der Waals surface area contributed by atoms with Gasteiger partial charge in [0.1, 0.15) is 7.57 Å². The predicted molar refractivity (Wildman–Crippen MR) is 36.1 cm³/mol. The molecular weight excluding hydrogens is 111 g/mol. The third-order valence-corrected chi connectivity index (χ3v) is 1.98. The topological polar surface area (TPSA) is 12.0 Å². The number of hydrogen-bond acceptors (Lipinski definition) is 1. The summed E-state index contributed by atoms with van der Waals surface area (Å²) in [6.45, 7) is 3.12. The molecule has 0 spiro atoms. The summed E-state index contributed by atoms with van der Waals surface area (Å²) >= 11 is 0. The van der Waals surface area contributed by atoms with E-state index in [0.29, 0.717) is 8.15 Å². The Morgan fingerprint density at radius 3 is 2.67 bits per heavy atom. The third-order valence-electron chi connectivity index (χ3n) is 0.337. The van der Waals surface area contributed by atoms with Gasteiger partial charge < -0.3 is 0 Å². The summed E-state index contributed by atoms with van der Waals surface area (Å²) in [5, 5.41) is 3.11. The molecule has 0 heterocycles. The lowest BCUT2D eigenvalue weighted by Crippen LogP contribution is -1.94. The zero-order chi connectivity index (χ0) is 4.83. The second-order valence-corrected chi connectivity index (χ2v) is 3.31. The first kappa shape index (κ1) is 6.88. The molecule has 1 nitrogen and oxygen atoms in total. The first-order valence-electron chi connectivity index (χ1n) is 1.85. The SMILES string of the molecule is [B]PPNCC. The van der Waals surface area contributed by atoms with Crippen molar-refractivity contribution in [3.63, 3.8) is 0 Å². The lowest BCUT2D eigenvalue weighted by atomic mass is 10.8. The van der Waals surface area contributed by atoms with Crippen LogP contribution in [0.15, 0.2) is 0 Å². The van der Waals surface area contributed by atoms with Gasteiger partial charge in [0.2, 0.25) is 0 Å². The zero-order valence-electron chi connectivity index (χ0n) is 3.78. The first-order chi connectivity index (χ1) is 2.91. The fourth-order valence-corrected chi connectivity index (χ4v) is 1.25. The van der Waals surface area contributed by atoms with E-state index in [4.69, 9.17) is 7.57 Å². The van der Waals surface area contributed by atoms with Crippen LogP contribution in [-0.2, 0) is 0 Å². The molecule has 0 bridgehead atoms. The van der Waals surface area contributed by atoms with Crippen LogP contribution in [0.2, 0.25) is 0 Å². The van der Waals surface area contributed by atoms with E-state index in [0.717, 1.165) is 15.0 Å². The number of hydrogen-bond donors (Lipinski definition) is 1. The molecule has 0 saturated carbocycles. The zero-order valence-corrected chi connectivity index (χ0v) is 5.78. The quantitative estimate of drug-likeness (QED) is 0.330. The summed E-state index contributed by atoms with van der Waals surface area (Å²) < 4.78 is 0. The van der Waals surface area contributed by atoms with E-state index >= 15 is 0 Å². The summed E-state index contributed by atoms with van der Waals surface area (Å²) in [6.07, 6.45) is 0. The van der Waals surface area contributed by atoms with E-state index in [-0.39, 0.29) is 0 Å². The van der Waals surface area contributed by atoms with Gasteiger partial charge in [0.25, 0.3) is 0 Å². The predicted octanol–water partition coefficient (Wildman–Crippen LogP) is 0.866.